The molecule has 0 radical (unpaired) electrons. The Morgan fingerprint density at radius 3 is 2.73 bits per heavy atom. The highest BCUT2D eigenvalue weighted by atomic mass is 32.2. The number of aryl methyl sites for hydroxylation is 1. The zero-order valence-corrected chi connectivity index (χ0v) is 17.0. The van der Waals surface area contributed by atoms with Gasteiger partial charge in [0.25, 0.3) is 15.7 Å². The van der Waals surface area contributed by atoms with E-state index in [0.29, 0.717) is 24.2 Å². The van der Waals surface area contributed by atoms with Gasteiger partial charge in [0.2, 0.25) is 0 Å². The average Bonchev–Trinajstić information content (AvgIpc) is 3.11. The van der Waals surface area contributed by atoms with Crippen molar-refractivity contribution in [3.8, 4) is 0 Å². The van der Waals surface area contributed by atoms with Gasteiger partial charge in [-0.2, -0.15) is 0 Å². The number of aromatic nitrogens is 1. The number of fused-ring (bicyclic) bond motifs is 2. The Balaban J connectivity index is 1.92. The highest BCUT2D eigenvalue weighted by molar-refractivity contribution is 7.93. The number of carbonyl (C=O) groups is 1. The van der Waals surface area contributed by atoms with Gasteiger partial charge in [0, 0.05) is 30.3 Å². The maximum absolute atomic E-state index is 13.6. The largest absolute Gasteiger partial charge is 0.468 e. The second-order valence-electron chi connectivity index (χ2n) is 6.97. The maximum Gasteiger partial charge on any atom is 0.325 e. The van der Waals surface area contributed by atoms with E-state index in [1.54, 1.807) is 12.1 Å². The van der Waals surface area contributed by atoms with Crippen LogP contribution in [0.2, 0.25) is 0 Å². The van der Waals surface area contributed by atoms with E-state index in [-0.39, 0.29) is 22.5 Å². The third-order valence-corrected chi connectivity index (χ3v) is 7.04. The van der Waals surface area contributed by atoms with Gasteiger partial charge in [0.1, 0.15) is 11.4 Å². The number of carbonyl (C=O) groups excluding carboxylic acids is 1. The molecule has 1 aliphatic rings. The number of hydrogen-bond donors (Lipinski definition) is 0. The first-order chi connectivity index (χ1) is 14.3. The van der Waals surface area contributed by atoms with Crippen LogP contribution >= 0.6 is 0 Å². The SMILES string of the molecule is COC(=O)Cn1cc(S(=O)(=O)N2CCCc3ccccc32)c2cc([N+](=O)[O-])ccc21. The number of nitro benzene ring substituents is 1. The average molecular weight is 429 g/mol. The number of rotatable bonds is 5. The summed E-state index contributed by atoms with van der Waals surface area (Å²) in [7, 11) is -2.79. The summed E-state index contributed by atoms with van der Waals surface area (Å²) in [5, 5.41) is 11.5. The van der Waals surface area contributed by atoms with Gasteiger partial charge in [-0.3, -0.25) is 19.2 Å². The minimum absolute atomic E-state index is 0.0817. The third kappa shape index (κ3) is 3.28. The number of para-hydroxylation sites is 1. The molecule has 0 unspecified atom stereocenters. The number of hydrogen-bond acceptors (Lipinski definition) is 6. The zero-order chi connectivity index (χ0) is 21.5. The Bertz CT molecular complexity index is 1260. The fourth-order valence-electron chi connectivity index (χ4n) is 3.77. The molecule has 2 aromatic carbocycles. The normalized spacial score (nSPS) is 13.8. The number of non-ortho nitro benzene ring substituents is 1. The lowest BCUT2D eigenvalue weighted by Crippen LogP contribution is -2.35. The van der Waals surface area contributed by atoms with Crippen molar-refractivity contribution in [2.45, 2.75) is 24.3 Å². The van der Waals surface area contributed by atoms with Crippen molar-refractivity contribution in [3.63, 3.8) is 0 Å². The first-order valence-electron chi connectivity index (χ1n) is 9.27. The summed E-state index contributed by atoms with van der Waals surface area (Å²) in [6, 6.07) is 11.2. The molecule has 3 aromatic rings. The Morgan fingerprint density at radius 2 is 2.00 bits per heavy atom. The van der Waals surface area contributed by atoms with Gasteiger partial charge in [-0.05, 0) is 30.5 Å². The Morgan fingerprint density at radius 1 is 1.23 bits per heavy atom. The third-order valence-electron chi connectivity index (χ3n) is 5.20. The van der Waals surface area contributed by atoms with Gasteiger partial charge in [-0.25, -0.2) is 8.42 Å². The summed E-state index contributed by atoms with van der Waals surface area (Å²) in [6.45, 7) is 0.0921. The van der Waals surface area contributed by atoms with E-state index in [9.17, 15) is 23.3 Å². The molecule has 0 N–H and O–H groups in total. The van der Waals surface area contributed by atoms with E-state index in [0.717, 1.165) is 12.0 Å². The van der Waals surface area contributed by atoms with E-state index in [2.05, 4.69) is 0 Å². The van der Waals surface area contributed by atoms with Crippen LogP contribution in [0.15, 0.2) is 53.6 Å². The van der Waals surface area contributed by atoms with Crippen molar-refractivity contribution in [1.82, 2.24) is 4.57 Å². The van der Waals surface area contributed by atoms with Crippen LogP contribution in [0.25, 0.3) is 10.9 Å². The van der Waals surface area contributed by atoms with Crippen molar-refractivity contribution in [2.24, 2.45) is 0 Å². The van der Waals surface area contributed by atoms with Crippen LogP contribution in [0.5, 0.6) is 0 Å². The number of esters is 1. The smallest absolute Gasteiger partial charge is 0.325 e. The topological polar surface area (TPSA) is 112 Å². The molecule has 0 saturated carbocycles. The van der Waals surface area contributed by atoms with E-state index < -0.39 is 20.9 Å². The zero-order valence-electron chi connectivity index (χ0n) is 16.1. The molecule has 4 rings (SSSR count). The molecule has 1 aliphatic heterocycles. The molecule has 30 heavy (non-hydrogen) atoms. The van der Waals surface area contributed by atoms with Crippen molar-refractivity contribution >= 4 is 38.3 Å². The molecule has 2 heterocycles. The van der Waals surface area contributed by atoms with Gasteiger partial charge < -0.3 is 9.30 Å². The maximum atomic E-state index is 13.6. The molecule has 0 aliphatic carbocycles. The lowest BCUT2D eigenvalue weighted by molar-refractivity contribution is -0.384. The van der Waals surface area contributed by atoms with Crippen molar-refractivity contribution in [2.75, 3.05) is 18.0 Å². The molecule has 0 fully saturated rings. The van der Waals surface area contributed by atoms with E-state index in [1.165, 1.54) is 40.4 Å². The molecule has 9 nitrogen and oxygen atoms in total. The second-order valence-corrected chi connectivity index (χ2v) is 8.80. The van der Waals surface area contributed by atoms with Crippen LogP contribution in [0.4, 0.5) is 11.4 Å². The summed E-state index contributed by atoms with van der Waals surface area (Å²) in [5.41, 5.74) is 1.70. The van der Waals surface area contributed by atoms with E-state index >= 15 is 0 Å². The molecule has 0 spiro atoms. The number of methoxy groups -OCH3 is 1. The lowest BCUT2D eigenvalue weighted by atomic mass is 10.0. The molecule has 156 valence electrons. The molecule has 0 bridgehead atoms. The molecule has 10 heteroatoms. The fourth-order valence-corrected chi connectivity index (χ4v) is 5.52. The Kier molecular flexibility index (Phi) is 4.94. The summed E-state index contributed by atoms with van der Waals surface area (Å²) < 4.78 is 34.7. The van der Waals surface area contributed by atoms with Gasteiger partial charge in [0.15, 0.2) is 0 Å². The van der Waals surface area contributed by atoms with Gasteiger partial charge in [0.05, 0.1) is 23.2 Å². The Hall–Kier alpha value is -3.40. The number of sulfonamides is 1. The highest BCUT2D eigenvalue weighted by Crippen LogP contribution is 2.36. The predicted molar refractivity (Wildman–Crippen MR) is 110 cm³/mol. The number of ether oxygens (including phenoxy) is 1. The van der Waals surface area contributed by atoms with Crippen LogP contribution in [0.3, 0.4) is 0 Å². The molecule has 1 aromatic heterocycles. The minimum Gasteiger partial charge on any atom is -0.468 e. The molecule has 0 saturated heterocycles. The summed E-state index contributed by atoms with van der Waals surface area (Å²) in [5.74, 6) is -0.558. The van der Waals surface area contributed by atoms with Crippen LogP contribution < -0.4 is 4.31 Å². The first kappa shape index (κ1) is 19.9. The molecule has 0 amide bonds. The van der Waals surface area contributed by atoms with Crippen LogP contribution in [0.1, 0.15) is 12.0 Å². The summed E-state index contributed by atoms with van der Waals surface area (Å²) in [6.07, 6.45) is 2.78. The second kappa shape index (κ2) is 7.45. The lowest BCUT2D eigenvalue weighted by Gasteiger charge is -2.30. The van der Waals surface area contributed by atoms with Gasteiger partial charge >= 0.3 is 5.97 Å². The number of anilines is 1. The molecular weight excluding hydrogens is 410 g/mol. The standard InChI is InChI=1S/C20H19N3O6S/c1-29-20(24)13-21-12-19(16-11-15(23(25)26)8-9-18(16)21)30(27,28)22-10-4-6-14-5-2-3-7-17(14)22/h2-3,5,7-9,11-12H,4,6,10,13H2,1H3. The van der Waals surface area contributed by atoms with Crippen molar-refractivity contribution in [1.29, 1.82) is 0 Å². The highest BCUT2D eigenvalue weighted by Gasteiger charge is 2.32. The first-order valence-corrected chi connectivity index (χ1v) is 10.7. The summed E-state index contributed by atoms with van der Waals surface area (Å²) >= 11 is 0. The number of benzene rings is 2. The predicted octanol–water partition coefficient (Wildman–Crippen LogP) is 2.86. The Labute approximate surface area is 172 Å². The molecule has 0 atom stereocenters. The number of nitro groups is 1. The van der Waals surface area contributed by atoms with Crippen molar-refractivity contribution in [3.05, 3.63) is 64.3 Å². The summed E-state index contributed by atoms with van der Waals surface area (Å²) in [4.78, 5) is 22.4. The minimum atomic E-state index is -4.03. The quantitative estimate of drug-likeness (QED) is 0.350. The van der Waals surface area contributed by atoms with Crippen LogP contribution in [-0.2, 0) is 32.5 Å². The van der Waals surface area contributed by atoms with E-state index in [4.69, 9.17) is 4.74 Å². The number of nitrogens with zero attached hydrogens (tertiary/aromatic N) is 3. The van der Waals surface area contributed by atoms with Crippen LogP contribution in [-0.4, -0.2) is 37.5 Å². The van der Waals surface area contributed by atoms with E-state index in [1.807, 2.05) is 12.1 Å². The van der Waals surface area contributed by atoms with Crippen LogP contribution in [0, 0.1) is 10.1 Å². The van der Waals surface area contributed by atoms with Gasteiger partial charge in [-0.15, -0.1) is 0 Å². The van der Waals surface area contributed by atoms with Crippen molar-refractivity contribution < 1.29 is 22.9 Å². The van der Waals surface area contributed by atoms with Gasteiger partial charge in [-0.1, -0.05) is 18.2 Å². The molecular formula is C20H19N3O6S. The fraction of sp³-hybridized carbons (Fsp3) is 0.250. The monoisotopic (exact) mass is 429 g/mol.